The van der Waals surface area contributed by atoms with Crippen LogP contribution >= 0.6 is 12.6 Å². The van der Waals surface area contributed by atoms with Crippen LogP contribution in [0.25, 0.3) is 0 Å². The maximum Gasteiger partial charge on any atom is 0.254 e. The number of nitrogens with zero attached hydrogens (tertiary/aromatic N) is 1. The molecule has 1 amide bonds. The van der Waals surface area contributed by atoms with Gasteiger partial charge in [-0.1, -0.05) is 13.0 Å². The van der Waals surface area contributed by atoms with Gasteiger partial charge in [0.2, 0.25) is 0 Å². The van der Waals surface area contributed by atoms with Gasteiger partial charge in [0, 0.05) is 23.0 Å². The quantitative estimate of drug-likeness (QED) is 0.797. The third-order valence-corrected chi connectivity index (χ3v) is 3.73. The van der Waals surface area contributed by atoms with Crippen LogP contribution in [0.15, 0.2) is 29.2 Å². The first-order valence-electron chi connectivity index (χ1n) is 6.32. The van der Waals surface area contributed by atoms with Crippen molar-refractivity contribution in [2.45, 2.75) is 43.5 Å². The lowest BCUT2D eigenvalue weighted by Crippen LogP contribution is -2.43. The molecule has 0 aromatic heterocycles. The summed E-state index contributed by atoms with van der Waals surface area (Å²) in [4.78, 5) is 15.3. The Kier molecular flexibility index (Phi) is 4.11. The molecule has 2 rings (SSSR count). The van der Waals surface area contributed by atoms with Gasteiger partial charge in [0.25, 0.3) is 5.91 Å². The zero-order valence-electron chi connectivity index (χ0n) is 10.2. The minimum absolute atomic E-state index is 0.160. The van der Waals surface area contributed by atoms with Crippen molar-refractivity contribution in [2.24, 2.45) is 0 Å². The number of hydrogen-bond acceptors (Lipinski definition) is 2. The van der Waals surface area contributed by atoms with E-state index in [0.29, 0.717) is 6.04 Å². The van der Waals surface area contributed by atoms with Gasteiger partial charge in [-0.05, 0) is 43.9 Å². The SMILES string of the molecule is CCC1CCCCN1C(=O)c1cccc(S)c1. The van der Waals surface area contributed by atoms with Gasteiger partial charge in [0.05, 0.1) is 0 Å². The molecule has 92 valence electrons. The summed E-state index contributed by atoms with van der Waals surface area (Å²) in [5.41, 5.74) is 0.762. The second-order valence-corrected chi connectivity index (χ2v) is 5.12. The molecule has 1 aromatic rings. The fraction of sp³-hybridized carbons (Fsp3) is 0.500. The largest absolute Gasteiger partial charge is 0.336 e. The zero-order chi connectivity index (χ0) is 12.3. The van der Waals surface area contributed by atoms with Crippen molar-refractivity contribution in [2.75, 3.05) is 6.54 Å². The summed E-state index contributed by atoms with van der Waals surface area (Å²) >= 11 is 4.29. The third-order valence-electron chi connectivity index (χ3n) is 3.45. The second kappa shape index (κ2) is 5.58. The van der Waals surface area contributed by atoms with E-state index in [-0.39, 0.29) is 5.91 Å². The third kappa shape index (κ3) is 2.83. The van der Waals surface area contributed by atoms with Crippen molar-refractivity contribution >= 4 is 18.5 Å². The van der Waals surface area contributed by atoms with Crippen molar-refractivity contribution < 1.29 is 4.79 Å². The first-order valence-corrected chi connectivity index (χ1v) is 6.77. The van der Waals surface area contributed by atoms with E-state index in [1.807, 2.05) is 29.2 Å². The van der Waals surface area contributed by atoms with Crippen molar-refractivity contribution in [3.63, 3.8) is 0 Å². The minimum Gasteiger partial charge on any atom is -0.336 e. The first kappa shape index (κ1) is 12.5. The highest BCUT2D eigenvalue weighted by molar-refractivity contribution is 7.80. The van der Waals surface area contributed by atoms with Crippen LogP contribution in [0.3, 0.4) is 0 Å². The van der Waals surface area contributed by atoms with Crippen molar-refractivity contribution in [1.29, 1.82) is 0 Å². The van der Waals surface area contributed by atoms with E-state index in [4.69, 9.17) is 0 Å². The van der Waals surface area contributed by atoms with Crippen LogP contribution < -0.4 is 0 Å². The number of amides is 1. The van der Waals surface area contributed by atoms with E-state index >= 15 is 0 Å². The lowest BCUT2D eigenvalue weighted by atomic mass is 9.99. The maximum atomic E-state index is 12.4. The Labute approximate surface area is 108 Å². The predicted molar refractivity (Wildman–Crippen MR) is 72.7 cm³/mol. The average molecular weight is 249 g/mol. The summed E-state index contributed by atoms with van der Waals surface area (Å²) in [6, 6.07) is 7.93. The lowest BCUT2D eigenvalue weighted by molar-refractivity contribution is 0.0608. The van der Waals surface area contributed by atoms with Gasteiger partial charge >= 0.3 is 0 Å². The number of rotatable bonds is 2. The van der Waals surface area contributed by atoms with Gasteiger partial charge in [-0.15, -0.1) is 12.6 Å². The number of thiol groups is 1. The van der Waals surface area contributed by atoms with Crippen LogP contribution in [0.1, 0.15) is 43.0 Å². The van der Waals surface area contributed by atoms with Gasteiger partial charge in [-0.2, -0.15) is 0 Å². The first-order chi connectivity index (χ1) is 8.22. The molecule has 1 saturated heterocycles. The molecule has 0 saturated carbocycles. The smallest absolute Gasteiger partial charge is 0.254 e. The lowest BCUT2D eigenvalue weighted by Gasteiger charge is -2.35. The van der Waals surface area contributed by atoms with Crippen molar-refractivity contribution in [1.82, 2.24) is 4.90 Å². The number of carbonyl (C=O) groups excluding carboxylic acids is 1. The molecular formula is C14H19NOS. The van der Waals surface area contributed by atoms with Gasteiger partial charge in [0.15, 0.2) is 0 Å². The van der Waals surface area contributed by atoms with Gasteiger partial charge in [-0.25, -0.2) is 0 Å². The highest BCUT2D eigenvalue weighted by atomic mass is 32.1. The van der Waals surface area contributed by atoms with Crippen LogP contribution in [0.2, 0.25) is 0 Å². The Balaban J connectivity index is 2.18. The van der Waals surface area contributed by atoms with Crippen LogP contribution in [0.4, 0.5) is 0 Å². The molecule has 1 aromatic carbocycles. The molecule has 1 atom stereocenters. The monoisotopic (exact) mass is 249 g/mol. The van der Waals surface area contributed by atoms with Crippen LogP contribution in [-0.2, 0) is 0 Å². The highest BCUT2D eigenvalue weighted by Crippen LogP contribution is 2.22. The average Bonchev–Trinajstić information content (AvgIpc) is 2.38. The summed E-state index contributed by atoms with van der Waals surface area (Å²) in [5.74, 6) is 0.160. The number of hydrogen-bond donors (Lipinski definition) is 1. The van der Waals surface area contributed by atoms with Crippen LogP contribution in [-0.4, -0.2) is 23.4 Å². The topological polar surface area (TPSA) is 20.3 Å². The highest BCUT2D eigenvalue weighted by Gasteiger charge is 2.25. The molecule has 0 aliphatic carbocycles. The molecule has 17 heavy (non-hydrogen) atoms. The molecule has 1 fully saturated rings. The van der Waals surface area contributed by atoms with Crippen molar-refractivity contribution in [3.05, 3.63) is 29.8 Å². The Morgan fingerprint density at radius 3 is 3.00 bits per heavy atom. The molecule has 1 aliphatic rings. The second-order valence-electron chi connectivity index (χ2n) is 4.61. The number of piperidine rings is 1. The summed E-state index contributed by atoms with van der Waals surface area (Å²) in [7, 11) is 0. The predicted octanol–water partition coefficient (Wildman–Crippen LogP) is 3.38. The summed E-state index contributed by atoms with van der Waals surface area (Å²) in [5, 5.41) is 0. The molecule has 0 bridgehead atoms. The van der Waals surface area contributed by atoms with E-state index in [0.717, 1.165) is 36.3 Å². The Morgan fingerprint density at radius 2 is 2.29 bits per heavy atom. The Bertz CT molecular complexity index is 405. The van der Waals surface area contributed by atoms with Gasteiger partial charge in [-0.3, -0.25) is 4.79 Å². The Morgan fingerprint density at radius 1 is 1.47 bits per heavy atom. The molecule has 2 nitrogen and oxygen atoms in total. The number of carbonyl (C=O) groups is 1. The van der Waals surface area contributed by atoms with Gasteiger partial charge in [0.1, 0.15) is 0 Å². The van der Waals surface area contributed by atoms with E-state index in [9.17, 15) is 4.79 Å². The van der Waals surface area contributed by atoms with Gasteiger partial charge < -0.3 is 4.90 Å². The van der Waals surface area contributed by atoms with Crippen molar-refractivity contribution in [3.8, 4) is 0 Å². The summed E-state index contributed by atoms with van der Waals surface area (Å²) < 4.78 is 0. The van der Waals surface area contributed by atoms with Crippen LogP contribution in [0, 0.1) is 0 Å². The molecule has 0 spiro atoms. The summed E-state index contributed by atoms with van der Waals surface area (Å²) in [6.07, 6.45) is 4.56. The minimum atomic E-state index is 0.160. The number of benzene rings is 1. The van der Waals surface area contributed by atoms with E-state index < -0.39 is 0 Å². The molecule has 1 unspecified atom stereocenters. The van der Waals surface area contributed by atoms with E-state index in [2.05, 4.69) is 19.6 Å². The molecule has 3 heteroatoms. The standard InChI is InChI=1S/C14H19NOS/c1-2-12-7-3-4-9-15(12)14(16)11-6-5-8-13(17)10-11/h5-6,8,10,12,17H,2-4,7,9H2,1H3. The molecule has 1 aliphatic heterocycles. The molecule has 0 radical (unpaired) electrons. The zero-order valence-corrected chi connectivity index (χ0v) is 11.1. The molecule has 1 heterocycles. The Hall–Kier alpha value is -0.960. The fourth-order valence-corrected chi connectivity index (χ4v) is 2.72. The van der Waals surface area contributed by atoms with E-state index in [1.54, 1.807) is 0 Å². The molecule has 0 N–H and O–H groups in total. The molecular weight excluding hydrogens is 230 g/mol. The normalized spacial score (nSPS) is 20.4. The number of likely N-dealkylation sites (tertiary alicyclic amines) is 1. The maximum absolute atomic E-state index is 12.4. The summed E-state index contributed by atoms with van der Waals surface area (Å²) in [6.45, 7) is 3.05. The van der Waals surface area contributed by atoms with E-state index in [1.165, 1.54) is 6.42 Å². The fourth-order valence-electron chi connectivity index (χ4n) is 2.50. The van der Waals surface area contributed by atoms with Crippen LogP contribution in [0.5, 0.6) is 0 Å².